The number of amides is 1. The molecule has 0 saturated heterocycles. The first-order valence-electron chi connectivity index (χ1n) is 44.0. The summed E-state index contributed by atoms with van der Waals surface area (Å²) < 4.78 is 153. The highest BCUT2D eigenvalue weighted by molar-refractivity contribution is 9.11. The van der Waals surface area contributed by atoms with E-state index in [4.69, 9.17) is 44.4 Å². The summed E-state index contributed by atoms with van der Waals surface area (Å²) in [7, 11) is -1.79. The van der Waals surface area contributed by atoms with Crippen LogP contribution in [-0.2, 0) is 63.9 Å². The molecule has 148 heavy (non-hydrogen) atoms. The number of ether oxygens (including phenoxy) is 1. The largest absolute Gasteiger partial charge is 0.444 e. The summed E-state index contributed by atoms with van der Waals surface area (Å²) in [6.45, 7) is 53.5. The maximum Gasteiger partial charge on any atom is 0.407 e. The average Bonchev–Trinajstić information content (AvgIpc) is 0.797. The van der Waals surface area contributed by atoms with Crippen molar-refractivity contribution >= 4 is 247 Å². The van der Waals surface area contributed by atoms with Gasteiger partial charge < -0.3 is 42.8 Å². The minimum atomic E-state index is -3.89. The maximum atomic E-state index is 11.8. The van der Waals surface area contributed by atoms with Crippen molar-refractivity contribution in [2.24, 2.45) is 5.73 Å². The number of non-ortho nitro benzene ring substituents is 4. The number of nitro groups is 4. The van der Waals surface area contributed by atoms with Gasteiger partial charge in [-0.15, -0.1) is 0 Å². The number of nitro benzene ring substituents is 4. The van der Waals surface area contributed by atoms with Crippen LogP contribution in [0.2, 0.25) is 10.6 Å². The molecule has 0 fully saturated rings. The molecule has 14 N–H and O–H groups in total. The maximum absolute atomic E-state index is 11.8. The number of nitrogens with zero attached hydrogens (tertiary/aromatic N) is 10. The number of anilines is 6. The predicted molar refractivity (Wildman–Crippen MR) is 625 cm³/mol. The SMILES string of the molecule is CC.CC.CC.CC.CC.CC.CC.CC.CC.CC.CC.CC.CN.CNC(=O)OC(C)(C)C.CNS(=O)(=O)c1cccc(N)c1.CNS(=O)(=O)c1cccc([N+](=O)[O-])c1.CNS(=O)(=O)c1cccc([N+](=O)[O-])c1.CNS(=O)(=O)c1cccc([N+](=O)[O-])c1.CNc1nc(Cl)ncc1Br.CNc1nc(Cl)ncc1Br.CNc1nc(Nc2cccc(S(=O)(=O)NC)c2)ncc1Br.O=[N+]([O-])c1cccc(S(=O)(=O)Cl)c1.[B].[B].[B].[B].[B]. The molecule has 61 heteroatoms. The summed E-state index contributed by atoms with van der Waals surface area (Å²) in [5.74, 6) is 2.38. The zero-order chi connectivity index (χ0) is 116. The lowest BCUT2D eigenvalue weighted by Crippen LogP contribution is -2.30. The van der Waals surface area contributed by atoms with E-state index in [1.807, 2.05) is 187 Å². The fourth-order valence-corrected chi connectivity index (χ4v) is 13.2. The van der Waals surface area contributed by atoms with E-state index in [1.54, 1.807) is 64.0 Å². The van der Waals surface area contributed by atoms with Crippen LogP contribution in [0.1, 0.15) is 187 Å². The van der Waals surface area contributed by atoms with Crippen LogP contribution in [-0.4, -0.2) is 224 Å². The zero-order valence-electron chi connectivity index (χ0n) is 91.3. The summed E-state index contributed by atoms with van der Waals surface area (Å²) in [5.41, 5.74) is 9.49. The third-order valence-electron chi connectivity index (χ3n) is 12.7. The van der Waals surface area contributed by atoms with E-state index in [0.717, 1.165) is 37.7 Å². The van der Waals surface area contributed by atoms with Crippen molar-refractivity contribution in [1.82, 2.24) is 58.8 Å². The van der Waals surface area contributed by atoms with Crippen LogP contribution >= 0.6 is 81.7 Å². The van der Waals surface area contributed by atoms with Gasteiger partial charge >= 0.3 is 6.09 Å². The van der Waals surface area contributed by atoms with Crippen LogP contribution in [0.5, 0.6) is 0 Å². The molecule has 9 rings (SSSR count). The van der Waals surface area contributed by atoms with Crippen LogP contribution in [0.4, 0.5) is 62.3 Å². The molecule has 44 nitrogen and oxygen atoms in total. The summed E-state index contributed by atoms with van der Waals surface area (Å²) in [6.07, 6.45) is 4.42. The lowest BCUT2D eigenvalue weighted by atomic mass is 10.2. The normalized spacial score (nSPS) is 9.14. The van der Waals surface area contributed by atoms with Crippen molar-refractivity contribution in [3.63, 3.8) is 0 Å². The van der Waals surface area contributed by atoms with Gasteiger partial charge in [-0.25, -0.2) is 93.9 Å². The van der Waals surface area contributed by atoms with Crippen molar-refractivity contribution in [2.45, 2.75) is 222 Å². The third kappa shape index (κ3) is 83.3. The Balaban J connectivity index is -0.0000000782. The molecule has 0 spiro atoms. The minimum Gasteiger partial charge on any atom is -0.444 e. The molecule has 835 valence electrons. The van der Waals surface area contributed by atoms with Gasteiger partial charge in [0.2, 0.25) is 66.6 Å². The molecule has 0 aliphatic heterocycles. The van der Waals surface area contributed by atoms with Gasteiger partial charge in [-0.2, -0.15) is 15.0 Å². The van der Waals surface area contributed by atoms with Crippen LogP contribution in [0, 0.1) is 40.5 Å². The first kappa shape index (κ1) is 180. The monoisotopic (exact) mass is 2450 g/mol. The van der Waals surface area contributed by atoms with Crippen LogP contribution in [0.15, 0.2) is 207 Å². The molecule has 0 aliphatic rings. The van der Waals surface area contributed by atoms with Gasteiger partial charge in [0.25, 0.3) is 31.8 Å². The quantitative estimate of drug-likeness (QED) is 0.00842. The number of halogens is 6. The van der Waals surface area contributed by atoms with Gasteiger partial charge in [-0.05, 0) is 195 Å². The Morgan fingerprint density at radius 2 is 0.568 bits per heavy atom. The van der Waals surface area contributed by atoms with Gasteiger partial charge in [0.05, 0.1) is 62.5 Å². The Morgan fingerprint density at radius 1 is 0.351 bits per heavy atom. The summed E-state index contributed by atoms with van der Waals surface area (Å²) in [5, 5.41) is 55.8. The molecule has 0 aliphatic carbocycles. The Bertz CT molecular complexity index is 5430. The number of nitrogen functional groups attached to an aromatic ring is 1. The van der Waals surface area contributed by atoms with Crippen molar-refractivity contribution in [3.05, 3.63) is 229 Å². The zero-order valence-corrected chi connectivity index (χ0v) is 103. The minimum absolute atomic E-state index is 0. The molecule has 0 saturated carbocycles. The van der Waals surface area contributed by atoms with Crippen molar-refractivity contribution in [1.29, 1.82) is 0 Å². The number of benzene rings is 6. The van der Waals surface area contributed by atoms with Gasteiger partial charge in [0.1, 0.15) is 23.1 Å². The summed E-state index contributed by atoms with van der Waals surface area (Å²) in [6, 6.07) is 31.6. The first-order valence-corrected chi connectivity index (χ1v) is 56.9. The standard InChI is InChI=1S/C12H14BrN5O2S.3C7H8N2O4S.C7H10N2O2S.C6H4ClNO4S.C6H13NO2.2C5H5BrClN3.12C2H6.CH5N.5B/c1-14-11-10(13)7-16-12(18-11)17-8-4-3-5-9(6-8)21(19,20)15-2;3*1-8-14(12,13)7-4-2-3-6(5-7)9(10)11;1-9-12(10,11)7-4-2-3-6(8)5-7;7-13(11,12)6-3-1-2-5(4-6)8(9)10;1-6(2,3)9-5(8)7-4;2*1-8-4-3(6)2-9-5(7)10-4;13*1-2;;;;;/h3-7,15H,1-2H3,(H2,14,16,17,18);3*2-5,8H,1H3;2-5,9H,8H2,1H3;1-4H;1-4H3,(H,7,8);2*2H,1H3,(H,8,9,10);12*1-2H3;2H2,1H3;;;;;. The van der Waals surface area contributed by atoms with Gasteiger partial charge in [-0.3, -0.25) is 40.5 Å². The second-order valence-electron chi connectivity index (χ2n) is 21.8. The number of sulfonamides is 5. The molecule has 15 radical (unpaired) electrons. The molecule has 0 atom stereocenters. The van der Waals surface area contributed by atoms with E-state index in [-0.39, 0.29) is 116 Å². The second-order valence-corrected chi connectivity index (χ2v) is 37.0. The van der Waals surface area contributed by atoms with Crippen LogP contribution in [0.3, 0.4) is 0 Å². The Hall–Kier alpha value is -9.48. The van der Waals surface area contributed by atoms with Crippen molar-refractivity contribution in [2.75, 3.05) is 97.5 Å². The Morgan fingerprint density at radius 3 is 0.777 bits per heavy atom. The number of carbonyl (C=O) groups excluding carboxylic acids is 1. The summed E-state index contributed by atoms with van der Waals surface area (Å²) in [4.78, 5) is 72.6. The highest BCUT2D eigenvalue weighted by Gasteiger charge is 2.21. The fourth-order valence-electron chi connectivity index (χ4n) is 7.16. The molecular weight excluding hydrogens is 2300 g/mol. The average molecular weight is 2450 g/mol. The third-order valence-corrected chi connectivity index (χ3v) is 23.2. The smallest absolute Gasteiger partial charge is 0.407 e. The van der Waals surface area contributed by atoms with E-state index < -0.39 is 78.9 Å². The van der Waals surface area contributed by atoms with E-state index in [1.165, 1.54) is 146 Å². The predicted octanol–water partition coefficient (Wildman–Crippen LogP) is 20.1. The Labute approximate surface area is 931 Å². The second kappa shape index (κ2) is 107. The van der Waals surface area contributed by atoms with E-state index in [0.29, 0.717) is 34.8 Å². The molecule has 6 aromatic carbocycles. The van der Waals surface area contributed by atoms with Gasteiger partial charge in [-0.1, -0.05) is 203 Å². The Kier molecular flexibility index (Phi) is 131. The molecule has 0 bridgehead atoms. The summed E-state index contributed by atoms with van der Waals surface area (Å²) >= 11 is 20.8. The van der Waals surface area contributed by atoms with Crippen LogP contribution in [0.25, 0.3) is 0 Å². The number of carbonyl (C=O) groups is 1. The number of nitrogens with one attached hydrogen (secondary N) is 10. The van der Waals surface area contributed by atoms with Crippen molar-refractivity contribution < 1.29 is 79.7 Å². The van der Waals surface area contributed by atoms with E-state index in [9.17, 15) is 95.8 Å². The highest BCUT2D eigenvalue weighted by atomic mass is 79.9. The van der Waals surface area contributed by atoms with Gasteiger partial charge in [0.15, 0.2) is 0 Å². The van der Waals surface area contributed by atoms with Crippen molar-refractivity contribution in [3.8, 4) is 0 Å². The van der Waals surface area contributed by atoms with Crippen LogP contribution < -0.4 is 61.7 Å². The van der Waals surface area contributed by atoms with Gasteiger partial charge in [0, 0.05) is 159 Å². The molecule has 0 unspecified atom stereocenters. The topological polar surface area (TPSA) is 653 Å². The molecule has 3 heterocycles. The number of nitrogens with two attached hydrogens (primary N) is 2. The first-order chi connectivity index (χ1) is 67.3. The highest BCUT2D eigenvalue weighted by Crippen LogP contribution is 2.26. The number of alkyl carbamates (subject to hydrolysis) is 1. The number of rotatable bonds is 20. The molecule has 3 aromatic heterocycles. The van der Waals surface area contributed by atoms with E-state index in [2.05, 4.69) is 134 Å². The number of hydrogen-bond donors (Lipinski definition) is 12. The number of aromatic nitrogens is 6. The number of hydrogen-bond acceptors (Lipinski definition) is 34. The lowest BCUT2D eigenvalue weighted by molar-refractivity contribution is -0.385. The fraction of sp³-hybridized carbons (Fsp3) is 0.437. The molecule has 9 aromatic rings. The van der Waals surface area contributed by atoms with E-state index >= 15 is 0 Å². The molecule has 1 amide bonds. The lowest BCUT2D eigenvalue weighted by Gasteiger charge is -2.18. The molecular formula is C87H152B5Br3Cl3N22O22S6.